The molecule has 0 aromatic heterocycles. The van der Waals surface area contributed by atoms with Gasteiger partial charge in [-0.2, -0.15) is 5.10 Å². The van der Waals surface area contributed by atoms with Crippen molar-refractivity contribution in [1.82, 2.24) is 5.43 Å². The van der Waals surface area contributed by atoms with Gasteiger partial charge in [0.25, 0.3) is 5.91 Å². The monoisotopic (exact) mass is 427 g/mol. The second kappa shape index (κ2) is 9.76. The van der Waals surface area contributed by atoms with Gasteiger partial charge in [-0.3, -0.25) is 4.79 Å². The number of anilines is 1. The zero-order valence-corrected chi connectivity index (χ0v) is 16.8. The number of ether oxygens (including phenoxy) is 2. The molecule has 8 heteroatoms. The fraction of sp³-hybridized carbons (Fsp3) is 0.0909. The Morgan fingerprint density at radius 3 is 2.67 bits per heavy atom. The molecule has 3 aromatic rings. The summed E-state index contributed by atoms with van der Waals surface area (Å²) in [6, 6.07) is 16.2. The lowest BCUT2D eigenvalue weighted by atomic mass is 10.2. The lowest BCUT2D eigenvalue weighted by Gasteiger charge is -2.14. The highest BCUT2D eigenvalue weighted by molar-refractivity contribution is 6.31. The summed E-state index contributed by atoms with van der Waals surface area (Å²) in [5.74, 6) is -0.172. The first-order chi connectivity index (χ1) is 14.5. The van der Waals surface area contributed by atoms with Crippen LogP contribution in [0, 0.1) is 5.82 Å². The molecule has 154 valence electrons. The summed E-state index contributed by atoms with van der Waals surface area (Å²) in [5.41, 5.74) is 9.61. The molecule has 0 atom stereocenters. The van der Waals surface area contributed by atoms with Crippen molar-refractivity contribution in [3.63, 3.8) is 0 Å². The van der Waals surface area contributed by atoms with Gasteiger partial charge < -0.3 is 15.2 Å². The molecule has 3 N–H and O–H groups in total. The Kier molecular flexibility index (Phi) is 6.87. The summed E-state index contributed by atoms with van der Waals surface area (Å²) in [7, 11) is 1.49. The minimum atomic E-state index is -0.472. The molecule has 3 rings (SSSR count). The van der Waals surface area contributed by atoms with Crippen LogP contribution in [0.4, 0.5) is 10.1 Å². The van der Waals surface area contributed by atoms with Crippen LogP contribution in [-0.4, -0.2) is 19.2 Å². The van der Waals surface area contributed by atoms with E-state index >= 15 is 0 Å². The zero-order chi connectivity index (χ0) is 21.5. The molecule has 0 spiro atoms. The van der Waals surface area contributed by atoms with Gasteiger partial charge >= 0.3 is 0 Å². The van der Waals surface area contributed by atoms with Gasteiger partial charge in [0, 0.05) is 16.8 Å². The third kappa shape index (κ3) is 4.87. The van der Waals surface area contributed by atoms with E-state index in [0.29, 0.717) is 28.3 Å². The van der Waals surface area contributed by atoms with Crippen molar-refractivity contribution >= 4 is 29.4 Å². The number of rotatable bonds is 7. The van der Waals surface area contributed by atoms with Gasteiger partial charge in [-0.25, -0.2) is 9.82 Å². The Labute approximate surface area is 178 Å². The lowest BCUT2D eigenvalue weighted by Crippen LogP contribution is -2.19. The quantitative estimate of drug-likeness (QED) is 0.332. The smallest absolute Gasteiger partial charge is 0.273 e. The van der Waals surface area contributed by atoms with Gasteiger partial charge in [0.15, 0.2) is 11.5 Å². The molecule has 0 aliphatic heterocycles. The first-order valence-electron chi connectivity index (χ1n) is 8.92. The van der Waals surface area contributed by atoms with E-state index in [1.54, 1.807) is 48.5 Å². The molecule has 0 aliphatic rings. The van der Waals surface area contributed by atoms with Crippen LogP contribution in [-0.2, 0) is 6.61 Å². The molecule has 1 amide bonds. The molecule has 0 bridgehead atoms. The molecule has 6 nitrogen and oxygen atoms in total. The van der Waals surface area contributed by atoms with Gasteiger partial charge in [-0.15, -0.1) is 0 Å². The highest BCUT2D eigenvalue weighted by Crippen LogP contribution is 2.32. The predicted octanol–water partition coefficient (Wildman–Crippen LogP) is 4.41. The van der Waals surface area contributed by atoms with Crippen LogP contribution >= 0.6 is 11.6 Å². The van der Waals surface area contributed by atoms with Gasteiger partial charge in [0.1, 0.15) is 12.4 Å². The molecule has 0 unspecified atom stereocenters. The molecular formula is C22H19ClFN3O3. The Morgan fingerprint density at radius 1 is 1.17 bits per heavy atom. The maximum atomic E-state index is 14.0. The summed E-state index contributed by atoms with van der Waals surface area (Å²) in [6.07, 6.45) is 1.40. The Hall–Kier alpha value is -3.58. The Morgan fingerprint density at radius 2 is 1.93 bits per heavy atom. The number of hydrogen-bond donors (Lipinski definition) is 2. The van der Waals surface area contributed by atoms with E-state index < -0.39 is 11.7 Å². The van der Waals surface area contributed by atoms with Crippen LogP contribution in [0.2, 0.25) is 5.02 Å². The number of nitrogens with zero attached hydrogens (tertiary/aromatic N) is 1. The van der Waals surface area contributed by atoms with Crippen molar-refractivity contribution in [3.8, 4) is 11.5 Å². The number of benzene rings is 3. The largest absolute Gasteiger partial charge is 0.493 e. The molecule has 30 heavy (non-hydrogen) atoms. The van der Waals surface area contributed by atoms with Gasteiger partial charge in [0.05, 0.1) is 23.9 Å². The molecule has 0 radical (unpaired) electrons. The topological polar surface area (TPSA) is 85.9 Å². The summed E-state index contributed by atoms with van der Waals surface area (Å²) >= 11 is 6.06. The number of halogens is 2. The van der Waals surface area contributed by atoms with E-state index in [2.05, 4.69) is 10.5 Å². The average Bonchev–Trinajstić information content (AvgIpc) is 2.74. The molecule has 0 heterocycles. The van der Waals surface area contributed by atoms with Crippen molar-refractivity contribution in [1.29, 1.82) is 0 Å². The van der Waals surface area contributed by atoms with Crippen LogP contribution in [0.3, 0.4) is 0 Å². The lowest BCUT2D eigenvalue weighted by molar-refractivity contribution is 0.0956. The number of nitrogens with two attached hydrogens (primary N) is 1. The van der Waals surface area contributed by atoms with Gasteiger partial charge in [-0.1, -0.05) is 35.9 Å². The Bertz CT molecular complexity index is 1070. The predicted molar refractivity (Wildman–Crippen MR) is 115 cm³/mol. The maximum absolute atomic E-state index is 14.0. The normalized spacial score (nSPS) is 10.8. The number of amides is 1. The van der Waals surface area contributed by atoms with Crippen molar-refractivity contribution in [2.24, 2.45) is 5.10 Å². The van der Waals surface area contributed by atoms with Gasteiger partial charge in [-0.05, 0) is 36.4 Å². The first-order valence-corrected chi connectivity index (χ1v) is 9.29. The van der Waals surface area contributed by atoms with Crippen molar-refractivity contribution in [2.45, 2.75) is 6.61 Å². The fourth-order valence-corrected chi connectivity index (χ4v) is 2.91. The summed E-state index contributed by atoms with van der Waals surface area (Å²) in [6.45, 7) is -0.111. The van der Waals surface area contributed by atoms with Crippen molar-refractivity contribution in [2.75, 3.05) is 12.8 Å². The summed E-state index contributed by atoms with van der Waals surface area (Å²) in [4.78, 5) is 12.2. The standard InChI is InChI=1S/C22H19ClFN3O3/c1-29-20-11-4-6-14(12-26-27-22(28)15-7-2-3-10-19(15)25)21(20)30-13-16-17(23)8-5-9-18(16)24/h2-12H,13,25H2,1H3,(H,27,28)/b26-12+. The minimum Gasteiger partial charge on any atom is -0.493 e. The van der Waals surface area contributed by atoms with Gasteiger partial charge in [0.2, 0.25) is 0 Å². The number of hydrogen-bond acceptors (Lipinski definition) is 5. The van der Waals surface area contributed by atoms with E-state index in [1.807, 2.05) is 0 Å². The van der Waals surface area contributed by atoms with Crippen LogP contribution in [0.15, 0.2) is 65.8 Å². The van der Waals surface area contributed by atoms with Crippen LogP contribution in [0.1, 0.15) is 21.5 Å². The molecular weight excluding hydrogens is 409 g/mol. The minimum absolute atomic E-state index is 0.111. The number of hydrazone groups is 1. The average molecular weight is 428 g/mol. The maximum Gasteiger partial charge on any atom is 0.273 e. The number of nitrogen functional groups attached to an aromatic ring is 1. The highest BCUT2D eigenvalue weighted by Gasteiger charge is 2.13. The van der Waals surface area contributed by atoms with E-state index in [4.69, 9.17) is 26.8 Å². The third-order valence-corrected chi connectivity index (χ3v) is 4.58. The number of para-hydroxylation sites is 2. The number of methoxy groups -OCH3 is 1. The summed E-state index contributed by atoms with van der Waals surface area (Å²) in [5, 5.41) is 4.23. The molecule has 0 saturated carbocycles. The second-order valence-electron chi connectivity index (χ2n) is 6.15. The summed E-state index contributed by atoms with van der Waals surface area (Å²) < 4.78 is 25.2. The van der Waals surface area contributed by atoms with Crippen LogP contribution in [0.25, 0.3) is 0 Å². The molecule has 3 aromatic carbocycles. The molecule has 0 fully saturated rings. The van der Waals surface area contributed by atoms with E-state index in [9.17, 15) is 9.18 Å². The van der Waals surface area contributed by atoms with E-state index in [1.165, 1.54) is 25.5 Å². The van der Waals surface area contributed by atoms with Crippen LogP contribution in [0.5, 0.6) is 11.5 Å². The first kappa shape index (κ1) is 21.1. The third-order valence-electron chi connectivity index (χ3n) is 4.23. The van der Waals surface area contributed by atoms with E-state index in [-0.39, 0.29) is 17.2 Å². The number of carbonyl (C=O) groups is 1. The highest BCUT2D eigenvalue weighted by atomic mass is 35.5. The molecule has 0 aliphatic carbocycles. The van der Waals surface area contributed by atoms with E-state index in [0.717, 1.165) is 0 Å². The zero-order valence-electron chi connectivity index (χ0n) is 16.1. The number of carbonyl (C=O) groups excluding carboxylic acids is 1. The van der Waals surface area contributed by atoms with Crippen molar-refractivity contribution in [3.05, 3.63) is 88.2 Å². The number of nitrogens with one attached hydrogen (secondary N) is 1. The fourth-order valence-electron chi connectivity index (χ4n) is 2.69. The van der Waals surface area contributed by atoms with Crippen LogP contribution < -0.4 is 20.6 Å². The van der Waals surface area contributed by atoms with Crippen molar-refractivity contribution < 1.29 is 18.7 Å². The molecule has 0 saturated heterocycles. The Balaban J connectivity index is 1.79. The SMILES string of the molecule is COc1cccc(/C=N/NC(=O)c2ccccc2N)c1OCc1c(F)cccc1Cl. The second-order valence-corrected chi connectivity index (χ2v) is 6.56.